The van der Waals surface area contributed by atoms with E-state index in [1.807, 2.05) is 0 Å². The Kier molecular flexibility index (Phi) is 2.68. The van der Waals surface area contributed by atoms with Crippen molar-refractivity contribution >= 4 is 10.0 Å². The molecule has 0 aliphatic heterocycles. The van der Waals surface area contributed by atoms with E-state index in [-0.39, 0.29) is 4.90 Å². The molecule has 0 atom stereocenters. The molecule has 0 bridgehead atoms. The molecule has 0 aliphatic rings. The molecule has 1 aromatic carbocycles. The maximum absolute atomic E-state index is 12.8. The van der Waals surface area contributed by atoms with Gasteiger partial charge in [0.2, 0.25) is 10.0 Å². The fraction of sp³-hybridized carbons (Fsp3) is 0.250. The fourth-order valence-electron chi connectivity index (χ4n) is 0.902. The van der Waals surface area contributed by atoms with E-state index < -0.39 is 15.8 Å². The molecule has 0 heterocycles. The van der Waals surface area contributed by atoms with Crippen LogP contribution in [0.15, 0.2) is 23.1 Å². The van der Waals surface area contributed by atoms with Crippen LogP contribution >= 0.6 is 0 Å². The van der Waals surface area contributed by atoms with Crippen molar-refractivity contribution in [2.45, 2.75) is 11.8 Å². The number of hydrogen-bond donors (Lipinski definition) is 1. The Morgan fingerprint density at radius 1 is 1.38 bits per heavy atom. The molecule has 0 aromatic heterocycles. The Morgan fingerprint density at radius 2 is 2.00 bits per heavy atom. The molecule has 1 aromatic rings. The second-order valence-electron chi connectivity index (χ2n) is 2.62. The van der Waals surface area contributed by atoms with Crippen LogP contribution < -0.4 is 4.72 Å². The average Bonchev–Trinajstić information content (AvgIpc) is 2.09. The van der Waals surface area contributed by atoms with Gasteiger partial charge in [-0.3, -0.25) is 0 Å². The average molecular weight is 203 g/mol. The molecule has 3 nitrogen and oxygen atoms in total. The minimum atomic E-state index is -3.45. The fourth-order valence-corrected chi connectivity index (χ4v) is 1.72. The Balaban J connectivity index is 3.27. The maximum Gasteiger partial charge on any atom is 0.240 e. The van der Waals surface area contributed by atoms with Gasteiger partial charge in [-0.2, -0.15) is 0 Å². The van der Waals surface area contributed by atoms with Gasteiger partial charge in [0.1, 0.15) is 5.82 Å². The first-order chi connectivity index (χ1) is 5.97. The molecule has 0 radical (unpaired) electrons. The molecule has 0 amide bonds. The second kappa shape index (κ2) is 3.43. The Bertz CT molecular complexity index is 414. The van der Waals surface area contributed by atoms with E-state index >= 15 is 0 Å². The quantitative estimate of drug-likeness (QED) is 0.780. The van der Waals surface area contributed by atoms with Crippen LogP contribution in [0, 0.1) is 12.7 Å². The van der Waals surface area contributed by atoms with Crippen molar-refractivity contribution in [3.8, 4) is 0 Å². The number of hydrogen-bond acceptors (Lipinski definition) is 2. The first-order valence-electron chi connectivity index (χ1n) is 3.67. The van der Waals surface area contributed by atoms with Gasteiger partial charge in [-0.25, -0.2) is 17.5 Å². The van der Waals surface area contributed by atoms with Crippen LogP contribution in [0.5, 0.6) is 0 Å². The monoisotopic (exact) mass is 203 g/mol. The Labute approximate surface area is 76.6 Å². The van der Waals surface area contributed by atoms with Crippen LogP contribution in [0.4, 0.5) is 4.39 Å². The molecule has 0 unspecified atom stereocenters. The van der Waals surface area contributed by atoms with E-state index in [1.54, 1.807) is 0 Å². The standard InChI is InChI=1S/C8H10FNO2S/c1-6-5-7(3-4-8(6)9)13(11,12)10-2/h3-5,10H,1-2H3. The van der Waals surface area contributed by atoms with E-state index in [9.17, 15) is 12.8 Å². The molecule has 1 N–H and O–H groups in total. The van der Waals surface area contributed by atoms with Crippen molar-refractivity contribution in [2.24, 2.45) is 0 Å². The van der Waals surface area contributed by atoms with Gasteiger partial charge in [0.25, 0.3) is 0 Å². The lowest BCUT2D eigenvalue weighted by atomic mass is 10.2. The molecular formula is C8H10FNO2S. The summed E-state index contributed by atoms with van der Waals surface area (Å²) in [5.41, 5.74) is 0.316. The topological polar surface area (TPSA) is 46.2 Å². The number of aryl methyl sites for hydroxylation is 1. The smallest absolute Gasteiger partial charge is 0.214 e. The summed E-state index contributed by atoms with van der Waals surface area (Å²) in [7, 11) is -2.14. The second-order valence-corrected chi connectivity index (χ2v) is 4.51. The number of rotatable bonds is 2. The number of nitrogens with one attached hydrogen (secondary N) is 1. The van der Waals surface area contributed by atoms with E-state index in [4.69, 9.17) is 0 Å². The summed E-state index contributed by atoms with van der Waals surface area (Å²) >= 11 is 0. The predicted molar refractivity (Wildman–Crippen MR) is 47.4 cm³/mol. The number of halogens is 1. The predicted octanol–water partition coefficient (Wildman–Crippen LogP) is 1.04. The summed E-state index contributed by atoms with van der Waals surface area (Å²) in [6.07, 6.45) is 0. The molecule has 72 valence electrons. The summed E-state index contributed by atoms with van der Waals surface area (Å²) in [5, 5.41) is 0. The van der Waals surface area contributed by atoms with Gasteiger partial charge < -0.3 is 0 Å². The molecule has 0 spiro atoms. The highest BCUT2D eigenvalue weighted by molar-refractivity contribution is 7.89. The molecular weight excluding hydrogens is 193 g/mol. The van der Waals surface area contributed by atoms with Gasteiger partial charge in [0.15, 0.2) is 0 Å². The number of benzene rings is 1. The van der Waals surface area contributed by atoms with Crippen molar-refractivity contribution in [3.63, 3.8) is 0 Å². The third-order valence-corrected chi connectivity index (χ3v) is 3.12. The zero-order valence-corrected chi connectivity index (χ0v) is 8.15. The van der Waals surface area contributed by atoms with Crippen LogP contribution in [0.2, 0.25) is 0 Å². The van der Waals surface area contributed by atoms with Crippen LogP contribution in [-0.4, -0.2) is 15.5 Å². The minimum absolute atomic E-state index is 0.0777. The van der Waals surface area contributed by atoms with Crippen LogP contribution in [0.3, 0.4) is 0 Å². The van der Waals surface area contributed by atoms with Gasteiger partial charge in [-0.15, -0.1) is 0 Å². The zero-order valence-electron chi connectivity index (χ0n) is 7.33. The molecule has 0 saturated carbocycles. The van der Waals surface area contributed by atoms with Crippen molar-refractivity contribution in [2.75, 3.05) is 7.05 Å². The summed E-state index contributed by atoms with van der Waals surface area (Å²) in [6, 6.07) is 3.66. The summed E-state index contributed by atoms with van der Waals surface area (Å²) in [6.45, 7) is 1.52. The van der Waals surface area contributed by atoms with Crippen molar-refractivity contribution in [1.29, 1.82) is 0 Å². The van der Waals surface area contributed by atoms with Crippen molar-refractivity contribution in [1.82, 2.24) is 4.72 Å². The van der Waals surface area contributed by atoms with Crippen molar-refractivity contribution < 1.29 is 12.8 Å². The third-order valence-electron chi connectivity index (χ3n) is 1.71. The van der Waals surface area contributed by atoms with Crippen molar-refractivity contribution in [3.05, 3.63) is 29.6 Å². The minimum Gasteiger partial charge on any atom is -0.214 e. The Hall–Kier alpha value is -0.940. The molecule has 1 rings (SSSR count). The van der Waals surface area contributed by atoms with Crippen LogP contribution in [0.25, 0.3) is 0 Å². The first-order valence-corrected chi connectivity index (χ1v) is 5.15. The summed E-state index contributed by atoms with van der Waals surface area (Å²) < 4.78 is 37.4. The lowest BCUT2D eigenvalue weighted by molar-refractivity contribution is 0.586. The molecule has 13 heavy (non-hydrogen) atoms. The highest BCUT2D eigenvalue weighted by Gasteiger charge is 2.11. The normalized spacial score (nSPS) is 11.6. The van der Waals surface area contributed by atoms with E-state index in [0.717, 1.165) is 6.07 Å². The van der Waals surface area contributed by atoms with Gasteiger partial charge in [0.05, 0.1) is 4.90 Å². The van der Waals surface area contributed by atoms with Gasteiger partial charge in [-0.1, -0.05) is 0 Å². The highest BCUT2D eigenvalue weighted by atomic mass is 32.2. The van der Waals surface area contributed by atoms with Crippen LogP contribution in [-0.2, 0) is 10.0 Å². The number of sulfonamides is 1. The highest BCUT2D eigenvalue weighted by Crippen LogP contribution is 2.13. The van der Waals surface area contributed by atoms with Gasteiger partial charge in [-0.05, 0) is 37.7 Å². The van der Waals surface area contributed by atoms with Gasteiger partial charge >= 0.3 is 0 Å². The SMILES string of the molecule is CNS(=O)(=O)c1ccc(F)c(C)c1. The largest absolute Gasteiger partial charge is 0.240 e. The molecule has 0 fully saturated rings. The van der Waals surface area contributed by atoms with Gasteiger partial charge in [0, 0.05) is 0 Å². The molecule has 0 saturated heterocycles. The van der Waals surface area contributed by atoms with E-state index in [0.29, 0.717) is 5.56 Å². The zero-order chi connectivity index (χ0) is 10.1. The molecule has 0 aliphatic carbocycles. The summed E-state index contributed by atoms with van der Waals surface area (Å²) in [4.78, 5) is 0.0777. The maximum atomic E-state index is 12.8. The third kappa shape index (κ3) is 2.05. The lowest BCUT2D eigenvalue weighted by Crippen LogP contribution is -2.18. The van der Waals surface area contributed by atoms with Crippen LogP contribution in [0.1, 0.15) is 5.56 Å². The Morgan fingerprint density at radius 3 is 2.46 bits per heavy atom. The first kappa shape index (κ1) is 10.1. The van der Waals surface area contributed by atoms with E-state index in [2.05, 4.69) is 4.72 Å². The molecule has 5 heteroatoms. The summed E-state index contributed by atoms with van der Waals surface area (Å²) in [5.74, 6) is -0.407. The lowest BCUT2D eigenvalue weighted by Gasteiger charge is -2.03. The van der Waals surface area contributed by atoms with E-state index in [1.165, 1.54) is 26.1 Å².